The molecule has 0 saturated heterocycles. The van der Waals surface area contributed by atoms with Crippen molar-refractivity contribution in [3.63, 3.8) is 0 Å². The molecule has 3 N–H and O–H groups in total. The third kappa shape index (κ3) is 4.41. The van der Waals surface area contributed by atoms with E-state index in [0.717, 1.165) is 24.2 Å². The maximum absolute atomic E-state index is 11.9. The average Bonchev–Trinajstić information content (AvgIpc) is 2.85. The number of thioether (sulfide) groups is 1. The van der Waals surface area contributed by atoms with Crippen LogP contribution in [-0.4, -0.2) is 24.2 Å². The van der Waals surface area contributed by atoms with Gasteiger partial charge < -0.3 is 11.1 Å². The lowest BCUT2D eigenvalue weighted by molar-refractivity contribution is -0.119. The van der Waals surface area contributed by atoms with E-state index in [1.807, 2.05) is 24.3 Å². The molecule has 1 aliphatic rings. The zero-order chi connectivity index (χ0) is 13.7. The number of rotatable bonds is 5. The highest BCUT2D eigenvalue weighted by atomic mass is 35.5. The Balaban J connectivity index is 1.77. The van der Waals surface area contributed by atoms with Gasteiger partial charge in [0, 0.05) is 16.0 Å². The molecule has 104 valence electrons. The molecule has 1 saturated carbocycles. The summed E-state index contributed by atoms with van der Waals surface area (Å²) in [6.45, 7) is 0.662. The van der Waals surface area contributed by atoms with E-state index in [2.05, 4.69) is 5.32 Å². The second-order valence-corrected chi connectivity index (χ2v) is 6.33. The van der Waals surface area contributed by atoms with Gasteiger partial charge in [0.25, 0.3) is 0 Å². The van der Waals surface area contributed by atoms with Crippen LogP contribution in [0, 0.1) is 5.92 Å². The van der Waals surface area contributed by atoms with Crippen molar-refractivity contribution in [2.75, 3.05) is 12.3 Å². The first-order valence-electron chi connectivity index (χ1n) is 6.57. The van der Waals surface area contributed by atoms with Crippen molar-refractivity contribution in [3.8, 4) is 0 Å². The molecule has 1 aromatic carbocycles. The predicted molar refractivity (Wildman–Crippen MR) is 80.5 cm³/mol. The van der Waals surface area contributed by atoms with E-state index >= 15 is 0 Å². The summed E-state index contributed by atoms with van der Waals surface area (Å²) in [7, 11) is 0. The van der Waals surface area contributed by atoms with Crippen LogP contribution in [0.15, 0.2) is 29.2 Å². The topological polar surface area (TPSA) is 55.1 Å². The van der Waals surface area contributed by atoms with Crippen LogP contribution < -0.4 is 11.1 Å². The summed E-state index contributed by atoms with van der Waals surface area (Å²) in [6.07, 6.45) is 3.35. The Kier molecular flexibility index (Phi) is 5.55. The van der Waals surface area contributed by atoms with Crippen molar-refractivity contribution in [3.05, 3.63) is 29.3 Å². The van der Waals surface area contributed by atoms with E-state index in [1.54, 1.807) is 0 Å². The van der Waals surface area contributed by atoms with Gasteiger partial charge in [-0.25, -0.2) is 0 Å². The summed E-state index contributed by atoms with van der Waals surface area (Å²) in [5.41, 5.74) is 5.71. The largest absolute Gasteiger partial charge is 0.352 e. The van der Waals surface area contributed by atoms with Crippen molar-refractivity contribution in [2.45, 2.75) is 30.2 Å². The lowest BCUT2D eigenvalue weighted by atomic mass is 10.0. The molecular weight excluding hydrogens is 280 g/mol. The van der Waals surface area contributed by atoms with Gasteiger partial charge >= 0.3 is 0 Å². The molecule has 2 atom stereocenters. The van der Waals surface area contributed by atoms with Crippen molar-refractivity contribution in [2.24, 2.45) is 11.7 Å². The Bertz CT molecular complexity index is 424. The number of nitrogens with two attached hydrogens (primary N) is 1. The van der Waals surface area contributed by atoms with Crippen LogP contribution in [0.25, 0.3) is 0 Å². The van der Waals surface area contributed by atoms with Crippen LogP contribution in [0.3, 0.4) is 0 Å². The zero-order valence-corrected chi connectivity index (χ0v) is 12.3. The van der Waals surface area contributed by atoms with E-state index in [9.17, 15) is 4.79 Å². The zero-order valence-electron chi connectivity index (χ0n) is 10.8. The second-order valence-electron chi connectivity index (χ2n) is 4.84. The molecule has 1 amide bonds. The highest BCUT2D eigenvalue weighted by Crippen LogP contribution is 2.25. The van der Waals surface area contributed by atoms with Crippen molar-refractivity contribution < 1.29 is 4.79 Å². The number of halogens is 1. The molecule has 1 fully saturated rings. The Hall–Kier alpha value is -0.710. The fourth-order valence-electron chi connectivity index (χ4n) is 2.44. The van der Waals surface area contributed by atoms with Crippen molar-refractivity contribution in [1.29, 1.82) is 0 Å². The van der Waals surface area contributed by atoms with E-state index in [-0.39, 0.29) is 11.9 Å². The lowest BCUT2D eigenvalue weighted by Gasteiger charge is -2.19. The minimum atomic E-state index is 0.0882. The highest BCUT2D eigenvalue weighted by Gasteiger charge is 2.27. The summed E-state index contributed by atoms with van der Waals surface area (Å²) in [5.74, 6) is 0.977. The molecule has 2 rings (SSSR count). The number of carbonyl (C=O) groups is 1. The Morgan fingerprint density at radius 3 is 2.79 bits per heavy atom. The van der Waals surface area contributed by atoms with Crippen LogP contribution in [-0.2, 0) is 4.79 Å². The van der Waals surface area contributed by atoms with Crippen LogP contribution >= 0.6 is 23.4 Å². The van der Waals surface area contributed by atoms with Crippen LogP contribution in [0.2, 0.25) is 5.02 Å². The Morgan fingerprint density at radius 1 is 1.37 bits per heavy atom. The molecule has 0 aromatic heterocycles. The van der Waals surface area contributed by atoms with Gasteiger partial charge in [0.15, 0.2) is 0 Å². The van der Waals surface area contributed by atoms with Crippen LogP contribution in [0.5, 0.6) is 0 Å². The Labute approximate surface area is 123 Å². The van der Waals surface area contributed by atoms with Crippen molar-refractivity contribution in [1.82, 2.24) is 5.32 Å². The van der Waals surface area contributed by atoms with Crippen LogP contribution in [0.1, 0.15) is 19.3 Å². The summed E-state index contributed by atoms with van der Waals surface area (Å²) >= 11 is 7.35. The van der Waals surface area contributed by atoms with Crippen molar-refractivity contribution >= 4 is 29.3 Å². The standard InChI is InChI=1S/C14H19ClN2OS/c15-11-4-6-12(7-5-11)19-9-14(18)17-13-3-1-2-10(13)8-16/h4-7,10,13H,1-3,8-9,16H2,(H,17,18). The number of carbonyl (C=O) groups excluding carboxylic acids is 1. The van der Waals surface area contributed by atoms with E-state index in [1.165, 1.54) is 11.8 Å². The molecular formula is C14H19ClN2OS. The highest BCUT2D eigenvalue weighted by molar-refractivity contribution is 8.00. The molecule has 3 nitrogen and oxygen atoms in total. The maximum Gasteiger partial charge on any atom is 0.230 e. The second kappa shape index (κ2) is 7.17. The number of benzene rings is 1. The number of hydrogen-bond donors (Lipinski definition) is 2. The molecule has 2 unspecified atom stereocenters. The minimum absolute atomic E-state index is 0.0882. The average molecular weight is 299 g/mol. The normalized spacial score (nSPS) is 22.4. The molecule has 0 spiro atoms. The number of hydrogen-bond acceptors (Lipinski definition) is 3. The van der Waals surface area contributed by atoms with Gasteiger partial charge in [0.1, 0.15) is 0 Å². The molecule has 0 heterocycles. The molecule has 0 radical (unpaired) electrons. The van der Waals surface area contributed by atoms with Gasteiger partial charge in [-0.3, -0.25) is 4.79 Å². The first-order chi connectivity index (χ1) is 9.19. The number of nitrogens with one attached hydrogen (secondary N) is 1. The fourth-order valence-corrected chi connectivity index (χ4v) is 3.27. The van der Waals surface area contributed by atoms with Gasteiger partial charge in [-0.05, 0) is 49.6 Å². The monoisotopic (exact) mass is 298 g/mol. The number of amides is 1. The maximum atomic E-state index is 11.9. The molecule has 19 heavy (non-hydrogen) atoms. The van der Waals surface area contributed by atoms with Crippen LogP contribution in [0.4, 0.5) is 0 Å². The van der Waals surface area contributed by atoms with Gasteiger partial charge in [0.05, 0.1) is 5.75 Å². The summed E-state index contributed by atoms with van der Waals surface area (Å²) in [4.78, 5) is 13.0. The summed E-state index contributed by atoms with van der Waals surface area (Å²) in [5, 5.41) is 3.81. The summed E-state index contributed by atoms with van der Waals surface area (Å²) < 4.78 is 0. The molecule has 5 heteroatoms. The minimum Gasteiger partial charge on any atom is -0.352 e. The SMILES string of the molecule is NCC1CCCC1NC(=O)CSc1ccc(Cl)cc1. The van der Waals surface area contributed by atoms with Gasteiger partial charge in [-0.2, -0.15) is 0 Å². The van der Waals surface area contributed by atoms with E-state index < -0.39 is 0 Å². The predicted octanol–water partition coefficient (Wildman–Crippen LogP) is 2.68. The first-order valence-corrected chi connectivity index (χ1v) is 7.93. The first kappa shape index (κ1) is 14.7. The van der Waals surface area contributed by atoms with Gasteiger partial charge in [-0.15, -0.1) is 11.8 Å². The molecule has 1 aliphatic carbocycles. The van der Waals surface area contributed by atoms with E-state index in [4.69, 9.17) is 17.3 Å². The molecule has 1 aromatic rings. The van der Waals surface area contributed by atoms with E-state index in [0.29, 0.717) is 23.2 Å². The van der Waals surface area contributed by atoms with Gasteiger partial charge in [-0.1, -0.05) is 18.0 Å². The quantitative estimate of drug-likeness (QED) is 0.822. The third-order valence-electron chi connectivity index (χ3n) is 3.49. The smallest absolute Gasteiger partial charge is 0.230 e. The molecule has 0 bridgehead atoms. The third-order valence-corrected chi connectivity index (χ3v) is 4.76. The van der Waals surface area contributed by atoms with Gasteiger partial charge in [0.2, 0.25) is 5.91 Å². The Morgan fingerprint density at radius 2 is 2.11 bits per heavy atom. The summed E-state index contributed by atoms with van der Waals surface area (Å²) in [6, 6.07) is 7.80. The lowest BCUT2D eigenvalue weighted by Crippen LogP contribution is -2.40. The molecule has 0 aliphatic heterocycles. The fraction of sp³-hybridized carbons (Fsp3) is 0.500.